The second-order valence-electron chi connectivity index (χ2n) is 5.20. The van der Waals surface area contributed by atoms with Crippen molar-refractivity contribution in [3.8, 4) is 0 Å². The number of hydrogen-bond acceptors (Lipinski definition) is 3. The fraction of sp³-hybridized carbons (Fsp3) is 0.333. The van der Waals surface area contributed by atoms with E-state index in [2.05, 4.69) is 17.2 Å². The first-order chi connectivity index (χ1) is 9.65. The van der Waals surface area contributed by atoms with Crippen molar-refractivity contribution in [3.63, 3.8) is 0 Å². The maximum Gasteiger partial charge on any atom is 0.254 e. The Balaban J connectivity index is 0.00000161. The lowest BCUT2D eigenvalue weighted by molar-refractivity contribution is 0.0711. The van der Waals surface area contributed by atoms with Gasteiger partial charge in [0, 0.05) is 42.6 Å². The van der Waals surface area contributed by atoms with E-state index in [0.717, 1.165) is 11.9 Å². The van der Waals surface area contributed by atoms with E-state index >= 15 is 0 Å². The standard InChI is InChI=1S/C15H17N3O2.ClH/c1-10-9-18(7-6-16-10)15(20)12-8-14(19)17-13-5-3-2-4-11(12)13;/h2-5,8,10,16H,6-7,9H2,1H3,(H,17,19);1H. The van der Waals surface area contributed by atoms with Crippen molar-refractivity contribution in [3.05, 3.63) is 46.2 Å². The maximum absolute atomic E-state index is 12.7. The Kier molecular flexibility index (Phi) is 4.65. The summed E-state index contributed by atoms with van der Waals surface area (Å²) in [4.78, 5) is 28.9. The molecule has 112 valence electrons. The second kappa shape index (κ2) is 6.28. The van der Waals surface area contributed by atoms with Crippen LogP contribution in [0.15, 0.2) is 35.1 Å². The molecule has 2 N–H and O–H groups in total. The summed E-state index contributed by atoms with van der Waals surface area (Å²) < 4.78 is 0. The molecule has 1 unspecified atom stereocenters. The number of pyridine rings is 1. The molecule has 1 amide bonds. The second-order valence-corrected chi connectivity index (χ2v) is 5.20. The number of benzene rings is 1. The fourth-order valence-electron chi connectivity index (χ4n) is 2.67. The molecule has 0 radical (unpaired) electrons. The number of amides is 1. The molecule has 2 heterocycles. The third-order valence-electron chi connectivity index (χ3n) is 3.64. The molecule has 1 aromatic heterocycles. The first kappa shape index (κ1) is 15.5. The van der Waals surface area contributed by atoms with Gasteiger partial charge in [0.2, 0.25) is 5.56 Å². The van der Waals surface area contributed by atoms with Gasteiger partial charge in [-0.25, -0.2) is 0 Å². The third-order valence-corrected chi connectivity index (χ3v) is 3.64. The minimum absolute atomic E-state index is 0. The number of nitrogens with one attached hydrogen (secondary N) is 2. The van der Waals surface area contributed by atoms with Crippen molar-refractivity contribution in [2.24, 2.45) is 0 Å². The molecule has 0 saturated carbocycles. The molecule has 1 fully saturated rings. The van der Waals surface area contributed by atoms with Crippen LogP contribution in [0.1, 0.15) is 17.3 Å². The molecule has 1 aliphatic heterocycles. The molecule has 5 nitrogen and oxygen atoms in total. The molecule has 0 spiro atoms. The van der Waals surface area contributed by atoms with E-state index in [-0.39, 0.29) is 29.9 Å². The largest absolute Gasteiger partial charge is 0.336 e. The van der Waals surface area contributed by atoms with Gasteiger partial charge < -0.3 is 15.2 Å². The Hall–Kier alpha value is -1.85. The quantitative estimate of drug-likeness (QED) is 0.836. The highest BCUT2D eigenvalue weighted by molar-refractivity contribution is 6.06. The van der Waals surface area contributed by atoms with Crippen LogP contribution in [0.5, 0.6) is 0 Å². The Bertz CT molecular complexity index is 713. The molecule has 1 aliphatic rings. The van der Waals surface area contributed by atoms with Gasteiger partial charge in [-0.05, 0) is 13.0 Å². The van der Waals surface area contributed by atoms with E-state index in [1.54, 1.807) is 0 Å². The minimum Gasteiger partial charge on any atom is -0.336 e. The predicted molar refractivity (Wildman–Crippen MR) is 85.2 cm³/mol. The molecule has 0 aliphatic carbocycles. The molecule has 1 saturated heterocycles. The van der Waals surface area contributed by atoms with Crippen LogP contribution in [0, 0.1) is 0 Å². The molecule has 3 rings (SSSR count). The zero-order valence-electron chi connectivity index (χ0n) is 11.8. The molecule has 21 heavy (non-hydrogen) atoms. The van der Waals surface area contributed by atoms with Gasteiger partial charge in [0.1, 0.15) is 0 Å². The average molecular weight is 308 g/mol. The number of rotatable bonds is 1. The predicted octanol–water partition coefficient (Wildman–Crippen LogP) is 1.38. The first-order valence-electron chi connectivity index (χ1n) is 6.80. The highest BCUT2D eigenvalue weighted by atomic mass is 35.5. The summed E-state index contributed by atoms with van der Waals surface area (Å²) in [5.41, 5.74) is 0.945. The van der Waals surface area contributed by atoms with Crippen LogP contribution in [0.4, 0.5) is 0 Å². The van der Waals surface area contributed by atoms with Gasteiger partial charge >= 0.3 is 0 Å². The number of halogens is 1. The molecule has 2 aromatic rings. The lowest BCUT2D eigenvalue weighted by Crippen LogP contribution is -2.51. The van der Waals surface area contributed by atoms with Crippen LogP contribution in [0.2, 0.25) is 0 Å². The number of carbonyl (C=O) groups excluding carboxylic acids is 1. The van der Waals surface area contributed by atoms with Crippen LogP contribution >= 0.6 is 12.4 Å². The number of fused-ring (bicyclic) bond motifs is 1. The van der Waals surface area contributed by atoms with Crippen LogP contribution in [0.25, 0.3) is 10.9 Å². The van der Waals surface area contributed by atoms with Gasteiger partial charge in [0.15, 0.2) is 0 Å². The van der Waals surface area contributed by atoms with E-state index in [4.69, 9.17) is 0 Å². The number of aromatic amines is 1. The summed E-state index contributed by atoms with van der Waals surface area (Å²) >= 11 is 0. The lowest BCUT2D eigenvalue weighted by atomic mass is 10.1. The van der Waals surface area contributed by atoms with Crippen molar-refractivity contribution >= 4 is 29.2 Å². The van der Waals surface area contributed by atoms with Gasteiger partial charge in [-0.1, -0.05) is 18.2 Å². The molecule has 1 atom stereocenters. The molecule has 0 bridgehead atoms. The Morgan fingerprint density at radius 2 is 2.10 bits per heavy atom. The zero-order chi connectivity index (χ0) is 14.1. The van der Waals surface area contributed by atoms with Gasteiger partial charge in [0.05, 0.1) is 5.56 Å². The SMILES string of the molecule is CC1CN(C(=O)c2cc(=O)[nH]c3ccccc23)CCN1.Cl. The molecule has 6 heteroatoms. The lowest BCUT2D eigenvalue weighted by Gasteiger charge is -2.32. The highest BCUT2D eigenvalue weighted by Gasteiger charge is 2.23. The Morgan fingerprint density at radius 1 is 1.33 bits per heavy atom. The molecular formula is C15H18ClN3O2. The number of hydrogen-bond donors (Lipinski definition) is 2. The normalized spacial score (nSPS) is 18.3. The van der Waals surface area contributed by atoms with Crippen molar-refractivity contribution in [2.45, 2.75) is 13.0 Å². The smallest absolute Gasteiger partial charge is 0.254 e. The Morgan fingerprint density at radius 3 is 2.86 bits per heavy atom. The summed E-state index contributed by atoms with van der Waals surface area (Å²) in [6.45, 7) is 4.17. The molecular weight excluding hydrogens is 290 g/mol. The number of piperazine rings is 1. The summed E-state index contributed by atoms with van der Waals surface area (Å²) in [5.74, 6) is -0.0688. The van der Waals surface area contributed by atoms with Crippen LogP contribution in [0.3, 0.4) is 0 Å². The summed E-state index contributed by atoms with van der Waals surface area (Å²) in [6, 6.07) is 9.08. The monoisotopic (exact) mass is 307 g/mol. The Labute approximate surface area is 128 Å². The van der Waals surface area contributed by atoms with Gasteiger partial charge in [-0.3, -0.25) is 9.59 Å². The zero-order valence-corrected chi connectivity index (χ0v) is 12.6. The minimum atomic E-state index is -0.241. The maximum atomic E-state index is 12.7. The van der Waals surface area contributed by atoms with Gasteiger partial charge in [-0.2, -0.15) is 0 Å². The summed E-state index contributed by atoms with van der Waals surface area (Å²) in [6.07, 6.45) is 0. The topological polar surface area (TPSA) is 65.2 Å². The number of para-hydroxylation sites is 1. The number of aromatic nitrogens is 1. The number of nitrogens with zero attached hydrogens (tertiary/aromatic N) is 1. The van der Waals surface area contributed by atoms with Crippen molar-refractivity contribution in [1.29, 1.82) is 0 Å². The van der Waals surface area contributed by atoms with Gasteiger partial charge in [-0.15, -0.1) is 12.4 Å². The molecule has 1 aromatic carbocycles. The number of H-pyrrole nitrogens is 1. The van der Waals surface area contributed by atoms with Crippen LogP contribution < -0.4 is 10.9 Å². The van der Waals surface area contributed by atoms with E-state index in [9.17, 15) is 9.59 Å². The summed E-state index contributed by atoms with van der Waals surface area (Å²) in [7, 11) is 0. The average Bonchev–Trinajstić information content (AvgIpc) is 2.45. The van der Waals surface area contributed by atoms with E-state index < -0.39 is 0 Å². The fourth-order valence-corrected chi connectivity index (χ4v) is 2.67. The van der Waals surface area contributed by atoms with E-state index in [0.29, 0.717) is 24.2 Å². The van der Waals surface area contributed by atoms with Gasteiger partial charge in [0.25, 0.3) is 5.91 Å². The van der Waals surface area contributed by atoms with Crippen molar-refractivity contribution in [2.75, 3.05) is 19.6 Å². The third kappa shape index (κ3) is 3.09. The number of carbonyl (C=O) groups is 1. The van der Waals surface area contributed by atoms with Crippen LogP contribution in [-0.2, 0) is 0 Å². The van der Waals surface area contributed by atoms with E-state index in [1.807, 2.05) is 29.2 Å². The van der Waals surface area contributed by atoms with Crippen LogP contribution in [-0.4, -0.2) is 41.5 Å². The highest BCUT2D eigenvalue weighted by Crippen LogP contribution is 2.17. The van der Waals surface area contributed by atoms with Crippen molar-refractivity contribution in [1.82, 2.24) is 15.2 Å². The van der Waals surface area contributed by atoms with E-state index in [1.165, 1.54) is 6.07 Å². The summed E-state index contributed by atoms with van der Waals surface area (Å²) in [5, 5.41) is 4.10. The first-order valence-corrected chi connectivity index (χ1v) is 6.80. The van der Waals surface area contributed by atoms with Crippen molar-refractivity contribution < 1.29 is 4.79 Å².